The number of hydrogen-bond donors (Lipinski definition) is 2. The van der Waals surface area contributed by atoms with Gasteiger partial charge < -0.3 is 15.2 Å². The van der Waals surface area contributed by atoms with E-state index in [4.69, 9.17) is 9.84 Å². The van der Waals surface area contributed by atoms with Gasteiger partial charge in [-0.1, -0.05) is 6.07 Å². The number of halogens is 1. The van der Waals surface area contributed by atoms with E-state index in [1.54, 1.807) is 13.0 Å². The van der Waals surface area contributed by atoms with Gasteiger partial charge in [0.1, 0.15) is 11.6 Å². The van der Waals surface area contributed by atoms with Gasteiger partial charge in [0.15, 0.2) is 6.61 Å². The molecule has 88 valence electrons. The molecule has 1 rings (SSSR count). The summed E-state index contributed by atoms with van der Waals surface area (Å²) in [6.07, 6.45) is -0.599. The molecule has 0 unspecified atom stereocenters. The van der Waals surface area contributed by atoms with Crippen LogP contribution in [0, 0.1) is 5.82 Å². The van der Waals surface area contributed by atoms with Crippen molar-refractivity contribution >= 4 is 5.91 Å². The highest BCUT2D eigenvalue weighted by Crippen LogP contribution is 2.11. The minimum Gasteiger partial charge on any atom is -0.484 e. The van der Waals surface area contributed by atoms with Gasteiger partial charge in [-0.05, 0) is 19.1 Å². The van der Waals surface area contributed by atoms with Crippen molar-refractivity contribution in [3.8, 4) is 5.75 Å². The number of carbonyl (C=O) groups excluding carboxylic acids is 1. The number of aliphatic hydroxyl groups is 1. The third-order valence-corrected chi connectivity index (χ3v) is 1.76. The zero-order valence-electron chi connectivity index (χ0n) is 8.94. The summed E-state index contributed by atoms with van der Waals surface area (Å²) in [7, 11) is 0. The van der Waals surface area contributed by atoms with Gasteiger partial charge in [0.2, 0.25) is 0 Å². The molecule has 0 bridgehead atoms. The molecular formula is C11H14FNO3. The van der Waals surface area contributed by atoms with Gasteiger partial charge in [0.25, 0.3) is 5.91 Å². The number of ether oxygens (including phenoxy) is 1. The molecular weight excluding hydrogens is 213 g/mol. The van der Waals surface area contributed by atoms with Crippen molar-refractivity contribution in [2.24, 2.45) is 0 Å². The Kier molecular flexibility index (Phi) is 4.72. The van der Waals surface area contributed by atoms with Gasteiger partial charge in [-0.3, -0.25) is 4.79 Å². The summed E-state index contributed by atoms with van der Waals surface area (Å²) in [6.45, 7) is 1.54. The van der Waals surface area contributed by atoms with Crippen molar-refractivity contribution in [1.29, 1.82) is 0 Å². The monoisotopic (exact) mass is 227 g/mol. The zero-order valence-corrected chi connectivity index (χ0v) is 8.94. The van der Waals surface area contributed by atoms with Gasteiger partial charge in [0.05, 0.1) is 6.10 Å². The second-order valence-corrected chi connectivity index (χ2v) is 3.40. The fourth-order valence-electron chi connectivity index (χ4n) is 1.02. The van der Waals surface area contributed by atoms with Crippen molar-refractivity contribution in [3.63, 3.8) is 0 Å². The maximum atomic E-state index is 12.7. The van der Waals surface area contributed by atoms with E-state index in [-0.39, 0.29) is 19.1 Å². The highest BCUT2D eigenvalue weighted by Gasteiger charge is 2.04. The Bertz CT molecular complexity index is 355. The predicted molar refractivity (Wildman–Crippen MR) is 56.6 cm³/mol. The Labute approximate surface area is 93.0 Å². The molecule has 0 saturated heterocycles. The maximum Gasteiger partial charge on any atom is 0.258 e. The Morgan fingerprint density at radius 3 is 3.00 bits per heavy atom. The summed E-state index contributed by atoms with van der Waals surface area (Å²) in [5.74, 6) is -0.473. The largest absolute Gasteiger partial charge is 0.484 e. The highest BCUT2D eigenvalue weighted by molar-refractivity contribution is 5.77. The molecule has 1 atom stereocenters. The zero-order chi connectivity index (χ0) is 12.0. The van der Waals surface area contributed by atoms with Crippen LogP contribution in [0.2, 0.25) is 0 Å². The fraction of sp³-hybridized carbons (Fsp3) is 0.364. The summed E-state index contributed by atoms with van der Waals surface area (Å²) in [5, 5.41) is 11.4. The van der Waals surface area contributed by atoms with Crippen LogP contribution in [0.3, 0.4) is 0 Å². The fourth-order valence-corrected chi connectivity index (χ4v) is 1.02. The molecule has 1 aromatic rings. The number of carbonyl (C=O) groups is 1. The van der Waals surface area contributed by atoms with Crippen molar-refractivity contribution in [2.75, 3.05) is 13.2 Å². The quantitative estimate of drug-likeness (QED) is 0.778. The van der Waals surface area contributed by atoms with E-state index >= 15 is 0 Å². The maximum absolute atomic E-state index is 12.7. The van der Waals surface area contributed by atoms with Crippen LogP contribution in [0.15, 0.2) is 24.3 Å². The molecule has 16 heavy (non-hydrogen) atoms. The molecule has 0 aliphatic rings. The number of rotatable bonds is 5. The number of benzene rings is 1. The number of aliphatic hydroxyl groups excluding tert-OH is 1. The van der Waals surface area contributed by atoms with Crippen molar-refractivity contribution in [2.45, 2.75) is 13.0 Å². The van der Waals surface area contributed by atoms with Crippen LogP contribution in [0.4, 0.5) is 4.39 Å². The lowest BCUT2D eigenvalue weighted by molar-refractivity contribution is -0.123. The van der Waals surface area contributed by atoms with Crippen LogP contribution in [0.1, 0.15) is 6.92 Å². The summed E-state index contributed by atoms with van der Waals surface area (Å²) < 4.78 is 17.8. The molecule has 4 nitrogen and oxygen atoms in total. The smallest absolute Gasteiger partial charge is 0.258 e. The Morgan fingerprint density at radius 1 is 1.62 bits per heavy atom. The van der Waals surface area contributed by atoms with Gasteiger partial charge in [-0.25, -0.2) is 4.39 Å². The molecule has 0 aromatic heterocycles. The van der Waals surface area contributed by atoms with Crippen molar-refractivity contribution in [3.05, 3.63) is 30.1 Å². The standard InChI is InChI=1S/C11H14FNO3/c1-8(14)6-13-11(15)7-16-10-4-2-3-9(12)5-10/h2-5,8,14H,6-7H2,1H3,(H,13,15)/t8-/m1/s1. The molecule has 0 aliphatic carbocycles. The van der Waals surface area contributed by atoms with E-state index in [9.17, 15) is 9.18 Å². The lowest BCUT2D eigenvalue weighted by atomic mass is 10.3. The van der Waals surface area contributed by atoms with Crippen LogP contribution in [-0.4, -0.2) is 30.3 Å². The van der Waals surface area contributed by atoms with Gasteiger partial charge in [-0.15, -0.1) is 0 Å². The van der Waals surface area contributed by atoms with Crippen LogP contribution < -0.4 is 10.1 Å². The predicted octanol–water partition coefficient (Wildman–Crippen LogP) is 0.701. The van der Waals surface area contributed by atoms with E-state index in [1.165, 1.54) is 18.2 Å². The number of amides is 1. The van der Waals surface area contributed by atoms with Crippen LogP contribution >= 0.6 is 0 Å². The van der Waals surface area contributed by atoms with Crippen LogP contribution in [0.5, 0.6) is 5.75 Å². The van der Waals surface area contributed by atoms with Crippen molar-refractivity contribution in [1.82, 2.24) is 5.32 Å². The SMILES string of the molecule is C[C@@H](O)CNC(=O)COc1cccc(F)c1. The molecule has 1 aromatic carbocycles. The second kappa shape index (κ2) is 6.07. The normalized spacial score (nSPS) is 11.9. The first kappa shape index (κ1) is 12.4. The van der Waals surface area contributed by atoms with Crippen molar-refractivity contribution < 1.29 is 19.0 Å². The molecule has 1 amide bonds. The minimum absolute atomic E-state index is 0.172. The van der Waals surface area contributed by atoms with E-state index in [2.05, 4.69) is 5.32 Å². The first-order valence-electron chi connectivity index (χ1n) is 4.91. The lowest BCUT2D eigenvalue weighted by Crippen LogP contribution is -2.34. The van der Waals surface area contributed by atoms with E-state index in [0.29, 0.717) is 5.75 Å². The first-order valence-corrected chi connectivity index (χ1v) is 4.91. The van der Waals surface area contributed by atoms with Crippen LogP contribution in [0.25, 0.3) is 0 Å². The van der Waals surface area contributed by atoms with Gasteiger partial charge in [-0.2, -0.15) is 0 Å². The average molecular weight is 227 g/mol. The van der Waals surface area contributed by atoms with E-state index < -0.39 is 11.9 Å². The molecule has 0 spiro atoms. The lowest BCUT2D eigenvalue weighted by Gasteiger charge is -2.08. The third kappa shape index (κ3) is 4.75. The molecule has 5 heteroatoms. The van der Waals surface area contributed by atoms with Gasteiger partial charge >= 0.3 is 0 Å². The Hall–Kier alpha value is -1.62. The second-order valence-electron chi connectivity index (χ2n) is 3.40. The molecule has 2 N–H and O–H groups in total. The molecule has 0 fully saturated rings. The molecule has 0 radical (unpaired) electrons. The summed E-state index contributed by atoms with van der Waals surface area (Å²) >= 11 is 0. The minimum atomic E-state index is -0.599. The summed E-state index contributed by atoms with van der Waals surface area (Å²) in [6, 6.07) is 5.55. The topological polar surface area (TPSA) is 58.6 Å². The Balaban J connectivity index is 2.31. The Morgan fingerprint density at radius 2 is 2.38 bits per heavy atom. The number of hydrogen-bond acceptors (Lipinski definition) is 3. The summed E-state index contributed by atoms with van der Waals surface area (Å²) in [5.41, 5.74) is 0. The highest BCUT2D eigenvalue weighted by atomic mass is 19.1. The van der Waals surface area contributed by atoms with Crippen LogP contribution in [-0.2, 0) is 4.79 Å². The number of nitrogens with one attached hydrogen (secondary N) is 1. The first-order chi connectivity index (χ1) is 7.58. The van der Waals surface area contributed by atoms with E-state index in [1.807, 2.05) is 0 Å². The average Bonchev–Trinajstić information content (AvgIpc) is 2.23. The molecule has 0 aliphatic heterocycles. The molecule has 0 saturated carbocycles. The summed E-state index contributed by atoms with van der Waals surface area (Å²) in [4.78, 5) is 11.2. The third-order valence-electron chi connectivity index (χ3n) is 1.76. The molecule has 0 heterocycles. The van der Waals surface area contributed by atoms with Gasteiger partial charge in [0, 0.05) is 12.6 Å². The van der Waals surface area contributed by atoms with E-state index in [0.717, 1.165) is 0 Å².